The molecule has 4 amide bonds. The summed E-state index contributed by atoms with van der Waals surface area (Å²) in [7, 11) is 6.26. The van der Waals surface area contributed by atoms with Crippen molar-refractivity contribution in [3.63, 3.8) is 0 Å². The maximum atomic E-state index is 12.6. The van der Waals surface area contributed by atoms with Crippen LogP contribution in [0, 0.1) is 34.5 Å². The molecule has 6 aliphatic rings. The normalized spacial score (nSPS) is 26.4. The van der Waals surface area contributed by atoms with E-state index in [1.165, 1.54) is 86.4 Å². The molecule has 4 saturated carbocycles. The van der Waals surface area contributed by atoms with Gasteiger partial charge in [-0.3, -0.25) is 19.2 Å². The fraction of sp³-hybridized carbons (Fsp3) is 0.562. The number of aryl methyl sites for hydroxylation is 2. The summed E-state index contributed by atoms with van der Waals surface area (Å²) in [6.45, 7) is 6.28. The van der Waals surface area contributed by atoms with Crippen molar-refractivity contribution >= 4 is 35.0 Å². The lowest BCUT2D eigenvalue weighted by Crippen LogP contribution is -2.45. The number of amides is 4. The highest BCUT2D eigenvalue weighted by molar-refractivity contribution is 6.03. The van der Waals surface area contributed by atoms with Gasteiger partial charge in [0.05, 0.1) is 71.7 Å². The molecule has 10 rings (SSSR count). The van der Waals surface area contributed by atoms with Crippen LogP contribution in [0.4, 0.5) is 11.4 Å². The van der Waals surface area contributed by atoms with Gasteiger partial charge >= 0.3 is 0 Å². The van der Waals surface area contributed by atoms with Gasteiger partial charge < -0.3 is 66.1 Å². The zero-order chi connectivity index (χ0) is 56.9. The van der Waals surface area contributed by atoms with E-state index in [2.05, 4.69) is 66.2 Å². The maximum Gasteiger partial charge on any atom is 0.258 e. The van der Waals surface area contributed by atoms with Crippen molar-refractivity contribution in [1.29, 1.82) is 0 Å². The standard InChI is InChI=1S/C33H45N3O6.C30H38N2O6.CH4/c1-33-15-13-23-22-8-6-21(40-2)19-20(22)5-7-24(23)25(33)9-12-28(33)42-18-14-29(37)35-16-4-17-36-32(39)30-27(41-3)11-10-26(34)31(30)38;1-30-14-12-20-19-7-5-18(36-2)16-17(19)4-6-21(20)22(30)8-11-25(30)38-15-13-26(33)32-23-9-10-24(37-3)27(28(23)34)29(31)35;/h6,8,10-11,19,23-25,28,38H,4-5,7,9,12-18,34H2,1-3H3,(H,35,37)(H,36,39);5,7,9-10,16,20-22,25,34H,4,6,8,11-15H2,1-3H3,(H2,31,35)(H,32,33);1H4. The Morgan fingerprint density at radius 2 is 1.11 bits per heavy atom. The number of hydrogen-bond donors (Lipinski definition) is 7. The van der Waals surface area contributed by atoms with Gasteiger partial charge in [-0.1, -0.05) is 33.4 Å². The second-order valence-electron chi connectivity index (χ2n) is 23.4. The molecule has 6 aliphatic carbocycles. The van der Waals surface area contributed by atoms with Gasteiger partial charge in [0, 0.05) is 19.5 Å². The second kappa shape index (κ2) is 26.0. The molecule has 4 fully saturated rings. The number of rotatable bonds is 19. The monoisotopic (exact) mass is 1120 g/mol. The number of phenols is 2. The van der Waals surface area contributed by atoms with Gasteiger partial charge in [0.25, 0.3) is 11.8 Å². The van der Waals surface area contributed by atoms with Gasteiger partial charge in [0.15, 0.2) is 11.5 Å². The molecule has 0 bridgehead atoms. The molecule has 81 heavy (non-hydrogen) atoms. The average Bonchev–Trinajstić information content (AvgIpc) is 3.71. The number of fused-ring (bicyclic) bond motifs is 10. The largest absolute Gasteiger partial charge is 0.505 e. The van der Waals surface area contributed by atoms with Crippen LogP contribution in [-0.2, 0) is 31.9 Å². The summed E-state index contributed by atoms with van der Waals surface area (Å²) >= 11 is 0. The predicted octanol–water partition coefficient (Wildman–Crippen LogP) is 9.97. The molecule has 17 nitrogen and oxygen atoms in total. The molecule has 0 aromatic heterocycles. The van der Waals surface area contributed by atoms with Crippen LogP contribution in [0.3, 0.4) is 0 Å². The first-order valence-corrected chi connectivity index (χ1v) is 28.8. The van der Waals surface area contributed by atoms with E-state index in [0.29, 0.717) is 74.7 Å². The smallest absolute Gasteiger partial charge is 0.258 e. The van der Waals surface area contributed by atoms with Crippen LogP contribution >= 0.6 is 0 Å². The average molecular weight is 1120 g/mol. The van der Waals surface area contributed by atoms with Crippen molar-refractivity contribution in [3.8, 4) is 34.5 Å². The molecule has 9 N–H and O–H groups in total. The number of benzene rings is 4. The summed E-state index contributed by atoms with van der Waals surface area (Å²) in [5, 5.41) is 28.9. The van der Waals surface area contributed by atoms with Crippen molar-refractivity contribution in [2.45, 2.75) is 142 Å². The third kappa shape index (κ3) is 12.4. The van der Waals surface area contributed by atoms with E-state index in [0.717, 1.165) is 62.9 Å². The van der Waals surface area contributed by atoms with Gasteiger partial charge in [-0.25, -0.2) is 0 Å². The molecule has 0 aliphatic heterocycles. The number of nitrogen functional groups attached to an aromatic ring is 1. The summed E-state index contributed by atoms with van der Waals surface area (Å²) in [5.41, 5.74) is 17.4. The number of ether oxygens (including phenoxy) is 6. The number of carbonyl (C=O) groups is 4. The van der Waals surface area contributed by atoms with Crippen molar-refractivity contribution in [3.05, 3.63) is 94.0 Å². The molecule has 4 aromatic carbocycles. The number of hydrogen-bond acceptors (Lipinski definition) is 13. The zero-order valence-corrected chi connectivity index (χ0v) is 47.5. The van der Waals surface area contributed by atoms with Gasteiger partial charge in [-0.05, 0) is 201 Å². The van der Waals surface area contributed by atoms with Crippen molar-refractivity contribution in [1.82, 2.24) is 10.6 Å². The predicted molar refractivity (Wildman–Crippen MR) is 312 cm³/mol. The summed E-state index contributed by atoms with van der Waals surface area (Å²) in [6, 6.07) is 19.2. The lowest BCUT2D eigenvalue weighted by atomic mass is 9.55. The summed E-state index contributed by atoms with van der Waals surface area (Å²) in [5.74, 6) is 3.80. The fourth-order valence-corrected chi connectivity index (χ4v) is 15.4. The van der Waals surface area contributed by atoms with Crippen molar-refractivity contribution in [2.75, 3.05) is 65.8 Å². The van der Waals surface area contributed by atoms with Crippen LogP contribution in [0.25, 0.3) is 0 Å². The Morgan fingerprint density at radius 1 is 0.605 bits per heavy atom. The number of methoxy groups -OCH3 is 4. The topological polar surface area (TPSA) is 252 Å². The molecule has 0 spiro atoms. The van der Waals surface area contributed by atoms with Gasteiger partial charge in [-0.2, -0.15) is 0 Å². The Bertz CT molecular complexity index is 2910. The van der Waals surface area contributed by atoms with Gasteiger partial charge in [0.2, 0.25) is 11.8 Å². The summed E-state index contributed by atoms with van der Waals surface area (Å²) in [6.07, 6.45) is 15.1. The van der Waals surface area contributed by atoms with Crippen LogP contribution < -0.4 is 46.4 Å². The Morgan fingerprint density at radius 3 is 1.63 bits per heavy atom. The van der Waals surface area contributed by atoms with E-state index in [9.17, 15) is 29.4 Å². The van der Waals surface area contributed by atoms with E-state index in [1.807, 2.05) is 0 Å². The number of primary amides is 1. The molecule has 0 radical (unpaired) electrons. The number of phenolic OH excluding ortho intramolecular Hbond substituents is 1. The van der Waals surface area contributed by atoms with Crippen LogP contribution in [0.5, 0.6) is 34.5 Å². The molecule has 10 atom stereocenters. The zero-order valence-electron chi connectivity index (χ0n) is 47.5. The Labute approximate surface area is 477 Å². The number of nitrogens with one attached hydrogen (secondary N) is 3. The highest BCUT2D eigenvalue weighted by atomic mass is 16.5. The molecule has 440 valence electrons. The lowest BCUT2D eigenvalue weighted by Gasteiger charge is -2.50. The van der Waals surface area contributed by atoms with E-state index in [4.69, 9.17) is 39.9 Å². The first-order valence-electron chi connectivity index (χ1n) is 28.8. The quantitative estimate of drug-likeness (QED) is 0.0263. The first-order chi connectivity index (χ1) is 38.5. The molecular formula is C64H87N5O12. The number of nitrogens with two attached hydrogens (primary N) is 2. The molecule has 0 saturated heterocycles. The van der Waals surface area contributed by atoms with E-state index < -0.39 is 17.6 Å². The minimum absolute atomic E-state index is 0. The number of carbonyl (C=O) groups excluding carboxylic acids is 4. The third-order valence-electron chi connectivity index (χ3n) is 19.4. The minimum Gasteiger partial charge on any atom is -0.505 e. The van der Waals surface area contributed by atoms with Crippen LogP contribution in [-0.4, -0.2) is 101 Å². The summed E-state index contributed by atoms with van der Waals surface area (Å²) in [4.78, 5) is 49.3. The van der Waals surface area contributed by atoms with Crippen LogP contribution in [0.15, 0.2) is 60.7 Å². The van der Waals surface area contributed by atoms with E-state index in [1.54, 1.807) is 14.2 Å². The molecule has 10 unspecified atom stereocenters. The highest BCUT2D eigenvalue weighted by Gasteiger charge is 2.57. The van der Waals surface area contributed by atoms with Crippen LogP contribution in [0.2, 0.25) is 0 Å². The molecule has 17 heteroatoms. The first kappa shape index (κ1) is 60.4. The van der Waals surface area contributed by atoms with E-state index >= 15 is 0 Å². The summed E-state index contributed by atoms with van der Waals surface area (Å²) < 4.78 is 33.9. The van der Waals surface area contributed by atoms with Crippen molar-refractivity contribution in [2.24, 2.45) is 40.2 Å². The Hall–Kier alpha value is -6.72. The number of aromatic hydroxyl groups is 2. The third-order valence-corrected chi connectivity index (χ3v) is 19.4. The number of anilines is 2. The van der Waals surface area contributed by atoms with Crippen molar-refractivity contribution < 1.29 is 57.8 Å². The van der Waals surface area contributed by atoms with Gasteiger partial charge in [-0.15, -0.1) is 0 Å². The fourth-order valence-electron chi connectivity index (χ4n) is 15.4. The second-order valence-corrected chi connectivity index (χ2v) is 23.4. The maximum absolute atomic E-state index is 12.6. The molecule has 0 heterocycles. The van der Waals surface area contributed by atoms with Crippen LogP contribution in [0.1, 0.15) is 160 Å². The van der Waals surface area contributed by atoms with E-state index in [-0.39, 0.29) is 88.4 Å². The highest BCUT2D eigenvalue weighted by Crippen LogP contribution is 2.63. The SMILES string of the molecule is C.COc1ccc2c(c1)CCC1C2CCC2(C)C(OCCC(=O)NCCCNC(=O)c3c(OC)ccc(N)c3O)CCC12.COc1ccc2c(c1)CCC1C2CCC2(C)C(OCCC(=O)Nc3ccc(OC)c(C(N)=O)c3O)CCC12. The Kier molecular flexibility index (Phi) is 19.4. The molecular weight excluding hydrogens is 1030 g/mol. The Balaban J connectivity index is 0.000000211. The minimum atomic E-state index is -0.835. The van der Waals surface area contributed by atoms with Gasteiger partial charge in [0.1, 0.15) is 34.1 Å². The molecule has 4 aromatic rings. The lowest BCUT2D eigenvalue weighted by molar-refractivity contribution is -0.124.